The minimum absolute atomic E-state index is 0.0914. The van der Waals surface area contributed by atoms with E-state index in [1.807, 2.05) is 0 Å². The number of nitrogens with one attached hydrogen (secondary N) is 2. The number of carbonyl (C=O) groups excluding carboxylic acids is 2. The number of hydrogen-bond donors (Lipinski definition) is 2. The average molecular weight is 332 g/mol. The summed E-state index contributed by atoms with van der Waals surface area (Å²) in [5, 5.41) is 0. The molecule has 0 atom stereocenters. The molecule has 0 aliphatic heterocycles. The van der Waals surface area contributed by atoms with Gasteiger partial charge >= 0.3 is 0 Å². The van der Waals surface area contributed by atoms with Crippen molar-refractivity contribution in [3.63, 3.8) is 0 Å². The molecule has 0 spiro atoms. The average Bonchev–Trinajstić information content (AvgIpc) is 2.58. The van der Waals surface area contributed by atoms with E-state index in [0.29, 0.717) is 5.56 Å². The Kier molecular flexibility index (Phi) is 5.62. The summed E-state index contributed by atoms with van der Waals surface area (Å²) in [4.78, 5) is 23.3. The standard InChI is InChI=1S/C17H14F2N2O3/c1-24-15-8-6-11(10-14(15)19)7-9-16(22)20-21-17(23)12-4-2-3-5-13(12)18/h2-10H,1H3,(H,20,22)(H,21,23)/b9-7+. The van der Waals surface area contributed by atoms with Gasteiger partial charge < -0.3 is 4.74 Å². The first-order valence-corrected chi connectivity index (χ1v) is 6.87. The summed E-state index contributed by atoms with van der Waals surface area (Å²) in [6, 6.07) is 9.54. The van der Waals surface area contributed by atoms with Gasteiger partial charge in [-0.25, -0.2) is 8.78 Å². The molecule has 0 aliphatic rings. The van der Waals surface area contributed by atoms with Gasteiger partial charge in [-0.05, 0) is 35.9 Å². The van der Waals surface area contributed by atoms with Crippen LogP contribution in [0.2, 0.25) is 0 Å². The topological polar surface area (TPSA) is 67.4 Å². The Morgan fingerprint density at radius 3 is 2.46 bits per heavy atom. The van der Waals surface area contributed by atoms with E-state index in [0.717, 1.165) is 12.1 Å². The van der Waals surface area contributed by atoms with Crippen molar-refractivity contribution in [3.8, 4) is 5.75 Å². The zero-order chi connectivity index (χ0) is 17.5. The van der Waals surface area contributed by atoms with E-state index in [4.69, 9.17) is 4.74 Å². The number of rotatable bonds is 4. The van der Waals surface area contributed by atoms with Crippen LogP contribution in [-0.2, 0) is 4.79 Å². The molecule has 5 nitrogen and oxygen atoms in total. The lowest BCUT2D eigenvalue weighted by atomic mass is 10.2. The lowest BCUT2D eigenvalue weighted by molar-refractivity contribution is -0.117. The van der Waals surface area contributed by atoms with Crippen molar-refractivity contribution < 1.29 is 23.1 Å². The summed E-state index contributed by atoms with van der Waals surface area (Å²) in [5.41, 5.74) is 4.43. The lowest BCUT2D eigenvalue weighted by Crippen LogP contribution is -2.41. The number of amides is 2. The van der Waals surface area contributed by atoms with Crippen molar-refractivity contribution in [2.24, 2.45) is 0 Å². The largest absolute Gasteiger partial charge is 0.494 e. The van der Waals surface area contributed by atoms with Gasteiger partial charge in [-0.2, -0.15) is 0 Å². The van der Waals surface area contributed by atoms with Gasteiger partial charge in [0.1, 0.15) is 5.82 Å². The summed E-state index contributed by atoms with van der Waals surface area (Å²) >= 11 is 0. The van der Waals surface area contributed by atoms with Gasteiger partial charge in [-0.3, -0.25) is 20.4 Å². The third-order valence-corrected chi connectivity index (χ3v) is 3.02. The quantitative estimate of drug-likeness (QED) is 0.667. The van der Waals surface area contributed by atoms with E-state index in [1.165, 1.54) is 43.5 Å². The first-order valence-electron chi connectivity index (χ1n) is 6.87. The van der Waals surface area contributed by atoms with Crippen LogP contribution in [0.4, 0.5) is 8.78 Å². The number of carbonyl (C=O) groups is 2. The predicted octanol–water partition coefficient (Wildman–Crippen LogP) is 2.45. The van der Waals surface area contributed by atoms with Gasteiger partial charge in [0.05, 0.1) is 12.7 Å². The molecule has 2 N–H and O–H groups in total. The number of ether oxygens (including phenoxy) is 1. The maximum atomic E-state index is 13.5. The summed E-state index contributed by atoms with van der Waals surface area (Å²) < 4.78 is 31.7. The van der Waals surface area contributed by atoms with Gasteiger partial charge in [0.15, 0.2) is 11.6 Å². The van der Waals surface area contributed by atoms with E-state index in [-0.39, 0.29) is 11.3 Å². The molecule has 0 heterocycles. The number of methoxy groups -OCH3 is 1. The van der Waals surface area contributed by atoms with Crippen LogP contribution in [0.5, 0.6) is 5.75 Å². The Bertz CT molecular complexity index is 791. The number of benzene rings is 2. The van der Waals surface area contributed by atoms with Crippen LogP contribution in [0, 0.1) is 11.6 Å². The molecule has 24 heavy (non-hydrogen) atoms. The van der Waals surface area contributed by atoms with Crippen LogP contribution < -0.4 is 15.6 Å². The minimum atomic E-state index is -0.787. The molecule has 0 radical (unpaired) electrons. The Hall–Kier alpha value is -3.22. The molecule has 124 valence electrons. The molecule has 0 saturated carbocycles. The first-order chi connectivity index (χ1) is 11.5. The summed E-state index contributed by atoms with van der Waals surface area (Å²) in [5.74, 6) is -2.61. The fourth-order valence-electron chi connectivity index (χ4n) is 1.83. The highest BCUT2D eigenvalue weighted by atomic mass is 19.1. The Balaban J connectivity index is 1.92. The Labute approximate surface area is 136 Å². The molecule has 0 bridgehead atoms. The van der Waals surface area contributed by atoms with Crippen LogP contribution >= 0.6 is 0 Å². The highest BCUT2D eigenvalue weighted by Crippen LogP contribution is 2.18. The van der Waals surface area contributed by atoms with E-state index in [2.05, 4.69) is 10.9 Å². The molecule has 0 aromatic heterocycles. The first kappa shape index (κ1) is 17.1. The van der Waals surface area contributed by atoms with Crippen LogP contribution in [0.1, 0.15) is 15.9 Å². The number of hydrazine groups is 1. The number of hydrogen-bond acceptors (Lipinski definition) is 3. The fourth-order valence-corrected chi connectivity index (χ4v) is 1.83. The van der Waals surface area contributed by atoms with Gasteiger partial charge in [-0.15, -0.1) is 0 Å². The fraction of sp³-hybridized carbons (Fsp3) is 0.0588. The highest BCUT2D eigenvalue weighted by molar-refractivity contribution is 5.98. The summed E-state index contributed by atoms with van der Waals surface area (Å²) in [7, 11) is 1.35. The van der Waals surface area contributed by atoms with Crippen LogP contribution in [0.3, 0.4) is 0 Å². The monoisotopic (exact) mass is 332 g/mol. The third kappa shape index (κ3) is 4.39. The third-order valence-electron chi connectivity index (χ3n) is 3.02. The molecule has 0 unspecified atom stereocenters. The zero-order valence-electron chi connectivity index (χ0n) is 12.7. The second kappa shape index (κ2) is 7.87. The van der Waals surface area contributed by atoms with Crippen molar-refractivity contribution in [2.75, 3.05) is 7.11 Å². The number of halogens is 2. The molecular formula is C17H14F2N2O3. The molecule has 7 heteroatoms. The van der Waals surface area contributed by atoms with Crippen LogP contribution in [0.15, 0.2) is 48.5 Å². The zero-order valence-corrected chi connectivity index (χ0v) is 12.7. The van der Waals surface area contributed by atoms with E-state index in [1.54, 1.807) is 6.07 Å². The molecule has 2 aromatic carbocycles. The van der Waals surface area contributed by atoms with Gasteiger partial charge in [0.2, 0.25) is 0 Å². The van der Waals surface area contributed by atoms with Crippen molar-refractivity contribution in [2.45, 2.75) is 0 Å². The molecule has 0 fully saturated rings. The molecule has 0 aliphatic carbocycles. The van der Waals surface area contributed by atoms with Crippen molar-refractivity contribution in [3.05, 3.63) is 71.3 Å². The highest BCUT2D eigenvalue weighted by Gasteiger charge is 2.10. The SMILES string of the molecule is COc1ccc(/C=C/C(=O)NNC(=O)c2ccccc2F)cc1F. The van der Waals surface area contributed by atoms with E-state index in [9.17, 15) is 18.4 Å². The smallest absolute Gasteiger partial charge is 0.272 e. The van der Waals surface area contributed by atoms with Crippen molar-refractivity contribution in [1.82, 2.24) is 10.9 Å². The summed E-state index contributed by atoms with van der Waals surface area (Å²) in [6.07, 6.45) is 2.45. The van der Waals surface area contributed by atoms with Gasteiger partial charge in [0, 0.05) is 6.08 Å². The van der Waals surface area contributed by atoms with Crippen LogP contribution in [-0.4, -0.2) is 18.9 Å². The van der Waals surface area contributed by atoms with Crippen molar-refractivity contribution >= 4 is 17.9 Å². The molecule has 0 saturated heterocycles. The minimum Gasteiger partial charge on any atom is -0.494 e. The molecule has 2 amide bonds. The van der Waals surface area contributed by atoms with Gasteiger partial charge in [-0.1, -0.05) is 18.2 Å². The van der Waals surface area contributed by atoms with Crippen LogP contribution in [0.25, 0.3) is 6.08 Å². The summed E-state index contributed by atoms with van der Waals surface area (Å²) in [6.45, 7) is 0. The molecule has 2 rings (SSSR count). The van der Waals surface area contributed by atoms with Gasteiger partial charge in [0.25, 0.3) is 11.8 Å². The maximum Gasteiger partial charge on any atom is 0.272 e. The van der Waals surface area contributed by atoms with E-state index < -0.39 is 23.4 Å². The maximum absolute atomic E-state index is 13.5. The normalized spacial score (nSPS) is 10.5. The van der Waals surface area contributed by atoms with Crippen molar-refractivity contribution in [1.29, 1.82) is 0 Å². The lowest BCUT2D eigenvalue weighted by Gasteiger charge is -2.06. The Morgan fingerprint density at radius 1 is 1.04 bits per heavy atom. The molecular weight excluding hydrogens is 318 g/mol. The second-order valence-electron chi connectivity index (χ2n) is 4.65. The Morgan fingerprint density at radius 2 is 1.79 bits per heavy atom. The predicted molar refractivity (Wildman–Crippen MR) is 84.0 cm³/mol. The molecule has 2 aromatic rings. The van der Waals surface area contributed by atoms with E-state index >= 15 is 0 Å². The second-order valence-corrected chi connectivity index (χ2v) is 4.65.